The maximum Gasteiger partial charge on any atom is 0.210 e. The van der Waals surface area contributed by atoms with Crippen LogP contribution in [-0.2, 0) is 4.84 Å². The van der Waals surface area contributed by atoms with Crippen molar-refractivity contribution in [3.63, 3.8) is 0 Å². The molecule has 0 heterocycles. The molecule has 0 aliphatic heterocycles. The number of aliphatic hydroxyl groups is 1. The number of hydrogen-bond acceptors (Lipinski definition) is 3. The van der Waals surface area contributed by atoms with E-state index in [0.717, 1.165) is 0 Å². The lowest BCUT2D eigenvalue weighted by molar-refractivity contribution is -1.05. The van der Waals surface area contributed by atoms with Gasteiger partial charge in [-0.3, -0.25) is 0 Å². The number of quaternary nitrogens is 1. The Morgan fingerprint density at radius 2 is 2.29 bits per heavy atom. The van der Waals surface area contributed by atoms with Gasteiger partial charge in [0.25, 0.3) is 0 Å². The third kappa shape index (κ3) is 5.84. The lowest BCUT2D eigenvalue weighted by Gasteiger charge is -2.14. The first-order chi connectivity index (χ1) is 3.13. The van der Waals surface area contributed by atoms with Crippen molar-refractivity contribution >= 4 is 0 Å². The van der Waals surface area contributed by atoms with Crippen LogP contribution in [0.5, 0.6) is 0 Å². The number of aliphatic hydroxyl groups excluding tert-OH is 1. The summed E-state index contributed by atoms with van der Waals surface area (Å²) in [4.78, 5) is 4.17. The van der Waals surface area contributed by atoms with Crippen LogP contribution in [-0.4, -0.2) is 18.4 Å². The molecule has 0 aromatic heterocycles. The second-order valence-corrected chi connectivity index (χ2v) is 1.21. The van der Waals surface area contributed by atoms with Gasteiger partial charge in [0.1, 0.15) is 0 Å². The van der Waals surface area contributed by atoms with E-state index < -0.39 is 11.5 Å². The molecule has 0 amide bonds. The van der Waals surface area contributed by atoms with Crippen molar-refractivity contribution in [1.29, 1.82) is 0 Å². The molecule has 0 saturated heterocycles. The number of hydroxylamine groups is 2. The van der Waals surface area contributed by atoms with E-state index in [-0.39, 0.29) is 0 Å². The minimum absolute atomic E-state index is 0.463. The molecular weight excluding hydrogens is 98.0 g/mol. The van der Waals surface area contributed by atoms with Crippen molar-refractivity contribution in [2.75, 3.05) is 7.05 Å². The van der Waals surface area contributed by atoms with E-state index in [2.05, 4.69) is 4.84 Å². The zero-order chi connectivity index (χ0) is 5.86. The fourth-order valence-corrected chi connectivity index (χ4v) is 0.240. The van der Waals surface area contributed by atoms with E-state index in [9.17, 15) is 5.21 Å². The summed E-state index contributed by atoms with van der Waals surface area (Å²) in [5, 5.41) is 17.7. The van der Waals surface area contributed by atoms with Crippen LogP contribution in [0.4, 0.5) is 0 Å². The zero-order valence-electron chi connectivity index (χ0n) is 4.34. The molecular formula is C3H9NO3. The van der Waals surface area contributed by atoms with E-state index in [1.807, 2.05) is 0 Å². The fraction of sp³-hybridized carbons (Fsp3) is 1.00. The molecule has 0 aromatic rings. The van der Waals surface area contributed by atoms with Crippen LogP contribution >= 0.6 is 0 Å². The summed E-state index contributed by atoms with van der Waals surface area (Å²) < 4.78 is 0. The first-order valence-electron chi connectivity index (χ1n) is 1.98. The number of rotatable bonds is 2. The van der Waals surface area contributed by atoms with Crippen LogP contribution in [0.25, 0.3) is 0 Å². The number of nitrogens with one attached hydrogen (secondary N) is 1. The Bertz CT molecular complexity index is 39.4. The molecule has 0 rings (SSSR count). The van der Waals surface area contributed by atoms with Crippen molar-refractivity contribution in [2.24, 2.45) is 0 Å². The van der Waals surface area contributed by atoms with Crippen LogP contribution in [0, 0.1) is 5.21 Å². The lowest BCUT2D eigenvalue weighted by Crippen LogP contribution is -3.03. The Balaban J connectivity index is 2.95. The van der Waals surface area contributed by atoms with Crippen molar-refractivity contribution in [2.45, 2.75) is 13.2 Å². The Kier molecular flexibility index (Phi) is 2.86. The molecule has 4 heteroatoms. The Morgan fingerprint density at radius 1 is 1.86 bits per heavy atom. The SMILES string of the molecule is CC(O)O[NH+](C)[O-]. The molecule has 2 unspecified atom stereocenters. The highest BCUT2D eigenvalue weighted by Gasteiger charge is 1.94. The maximum absolute atomic E-state index is 9.87. The van der Waals surface area contributed by atoms with E-state index in [1.54, 1.807) is 0 Å². The predicted molar refractivity (Wildman–Crippen MR) is 23.0 cm³/mol. The normalized spacial score (nSPS) is 18.9. The maximum atomic E-state index is 9.87. The lowest BCUT2D eigenvalue weighted by atomic mass is 10.8. The van der Waals surface area contributed by atoms with Crippen LogP contribution < -0.4 is 5.23 Å². The molecule has 0 radical (unpaired) electrons. The molecule has 0 aromatic carbocycles. The fourth-order valence-electron chi connectivity index (χ4n) is 0.240. The van der Waals surface area contributed by atoms with E-state index in [0.29, 0.717) is 0 Å². The average Bonchev–Trinajstić information content (AvgIpc) is 1.27. The van der Waals surface area contributed by atoms with E-state index >= 15 is 0 Å². The zero-order valence-corrected chi connectivity index (χ0v) is 4.34. The second kappa shape index (κ2) is 2.92. The minimum atomic E-state index is -0.975. The molecule has 0 saturated carbocycles. The Morgan fingerprint density at radius 3 is 2.29 bits per heavy atom. The minimum Gasteiger partial charge on any atom is -0.600 e. The van der Waals surface area contributed by atoms with Crippen molar-refractivity contribution in [3.05, 3.63) is 5.21 Å². The summed E-state index contributed by atoms with van der Waals surface area (Å²) >= 11 is 0. The van der Waals surface area contributed by atoms with Crippen molar-refractivity contribution < 1.29 is 15.2 Å². The predicted octanol–water partition coefficient (Wildman–Crippen LogP) is -1.73. The van der Waals surface area contributed by atoms with Gasteiger partial charge in [-0.05, 0) is 6.92 Å². The topological polar surface area (TPSA) is 57.0 Å². The van der Waals surface area contributed by atoms with Gasteiger partial charge in [-0.1, -0.05) is 0 Å². The van der Waals surface area contributed by atoms with Gasteiger partial charge in [0, 0.05) is 0 Å². The second-order valence-electron chi connectivity index (χ2n) is 1.21. The smallest absolute Gasteiger partial charge is 0.210 e. The highest BCUT2D eigenvalue weighted by Crippen LogP contribution is 1.69. The Hall–Kier alpha value is -0.160. The van der Waals surface area contributed by atoms with Gasteiger partial charge in [0.15, 0.2) is 0 Å². The Labute approximate surface area is 41.8 Å². The largest absolute Gasteiger partial charge is 0.600 e. The monoisotopic (exact) mass is 107 g/mol. The first kappa shape index (κ1) is 6.84. The van der Waals surface area contributed by atoms with Gasteiger partial charge in [-0.2, -0.15) is 4.84 Å². The standard InChI is InChI=1S/C3H9NO3/c1-3(5)7-4(2)6/h3-5H,1-2H3. The van der Waals surface area contributed by atoms with E-state index in [4.69, 9.17) is 5.11 Å². The molecule has 4 nitrogen and oxygen atoms in total. The van der Waals surface area contributed by atoms with Crippen molar-refractivity contribution in [1.82, 2.24) is 0 Å². The molecule has 0 fully saturated rings. The molecule has 2 atom stereocenters. The molecule has 44 valence electrons. The highest BCUT2D eigenvalue weighted by atomic mass is 16.9. The van der Waals surface area contributed by atoms with Gasteiger partial charge in [0.2, 0.25) is 6.29 Å². The van der Waals surface area contributed by atoms with Gasteiger partial charge in [-0.15, -0.1) is 0 Å². The van der Waals surface area contributed by atoms with Gasteiger partial charge < -0.3 is 10.3 Å². The van der Waals surface area contributed by atoms with Crippen LogP contribution in [0.1, 0.15) is 6.92 Å². The van der Waals surface area contributed by atoms with Crippen LogP contribution in [0.2, 0.25) is 0 Å². The number of hydrogen-bond donors (Lipinski definition) is 2. The summed E-state index contributed by atoms with van der Waals surface area (Å²) in [6.45, 7) is 1.38. The average molecular weight is 107 g/mol. The van der Waals surface area contributed by atoms with Crippen molar-refractivity contribution in [3.8, 4) is 0 Å². The summed E-state index contributed by atoms with van der Waals surface area (Å²) in [5.74, 6) is 0. The summed E-state index contributed by atoms with van der Waals surface area (Å²) in [6, 6.07) is 0. The first-order valence-corrected chi connectivity index (χ1v) is 1.98. The van der Waals surface area contributed by atoms with Crippen LogP contribution in [0.3, 0.4) is 0 Å². The summed E-state index contributed by atoms with van der Waals surface area (Å²) in [6.07, 6.45) is -0.975. The van der Waals surface area contributed by atoms with Gasteiger partial charge in [0.05, 0.1) is 7.05 Å². The van der Waals surface area contributed by atoms with Gasteiger partial charge in [-0.25, -0.2) is 5.23 Å². The van der Waals surface area contributed by atoms with Gasteiger partial charge >= 0.3 is 0 Å². The quantitative estimate of drug-likeness (QED) is 0.325. The third-order valence-electron chi connectivity index (χ3n) is 0.337. The summed E-state index contributed by atoms with van der Waals surface area (Å²) in [5.41, 5.74) is 0. The summed E-state index contributed by atoms with van der Waals surface area (Å²) in [7, 11) is 1.24. The molecule has 7 heavy (non-hydrogen) atoms. The molecule has 0 aliphatic carbocycles. The third-order valence-corrected chi connectivity index (χ3v) is 0.337. The molecule has 2 N–H and O–H groups in total. The highest BCUT2D eigenvalue weighted by molar-refractivity contribution is 4.08. The molecule has 0 aliphatic rings. The van der Waals surface area contributed by atoms with Crippen LogP contribution in [0.15, 0.2) is 0 Å². The molecule has 0 bridgehead atoms. The molecule has 0 spiro atoms. The van der Waals surface area contributed by atoms with E-state index in [1.165, 1.54) is 14.0 Å².